The normalized spacial score (nSPS) is 22.0. The van der Waals surface area contributed by atoms with Gasteiger partial charge in [0.25, 0.3) is 5.91 Å². The van der Waals surface area contributed by atoms with Crippen molar-refractivity contribution in [2.75, 3.05) is 19.7 Å². The molecule has 1 fully saturated rings. The summed E-state index contributed by atoms with van der Waals surface area (Å²) < 4.78 is 5.77. The van der Waals surface area contributed by atoms with Crippen LogP contribution >= 0.6 is 15.9 Å². The Hall–Kier alpha value is -1.43. The summed E-state index contributed by atoms with van der Waals surface area (Å²) in [5.41, 5.74) is 0.331. The van der Waals surface area contributed by atoms with Crippen molar-refractivity contribution in [3.05, 3.63) is 28.5 Å². The fourth-order valence-corrected chi connectivity index (χ4v) is 3.06. The Labute approximate surface area is 132 Å². The van der Waals surface area contributed by atoms with Crippen LogP contribution < -0.4 is 0 Å². The number of amides is 1. The zero-order valence-electron chi connectivity index (χ0n) is 12.2. The van der Waals surface area contributed by atoms with E-state index in [2.05, 4.69) is 34.8 Å². The predicted molar refractivity (Wildman–Crippen MR) is 81.7 cm³/mol. The van der Waals surface area contributed by atoms with E-state index in [1.165, 1.54) is 6.20 Å². The van der Waals surface area contributed by atoms with E-state index < -0.39 is 5.97 Å². The molecule has 0 bridgehead atoms. The molecule has 1 saturated heterocycles. The molecule has 2 atom stereocenters. The number of halogens is 1. The van der Waals surface area contributed by atoms with Gasteiger partial charge in [0, 0.05) is 30.0 Å². The Morgan fingerprint density at radius 1 is 1.33 bits per heavy atom. The fourth-order valence-electron chi connectivity index (χ4n) is 2.69. The van der Waals surface area contributed by atoms with Gasteiger partial charge in [-0.1, -0.05) is 13.8 Å². The van der Waals surface area contributed by atoms with Crippen LogP contribution in [-0.4, -0.2) is 41.5 Å². The quantitative estimate of drug-likeness (QED) is 0.782. The molecule has 1 amide bonds. The first kappa shape index (κ1) is 15.9. The van der Waals surface area contributed by atoms with E-state index in [1.54, 1.807) is 17.2 Å². The summed E-state index contributed by atoms with van der Waals surface area (Å²) in [6.07, 6.45) is 4.13. The van der Waals surface area contributed by atoms with E-state index in [-0.39, 0.29) is 12.5 Å². The molecule has 2 rings (SSSR count). The maximum atomic E-state index is 12.1. The molecular formula is C15H19BrN2O3. The van der Waals surface area contributed by atoms with Crippen LogP contribution in [0.2, 0.25) is 0 Å². The first-order valence-corrected chi connectivity index (χ1v) is 7.80. The van der Waals surface area contributed by atoms with E-state index in [9.17, 15) is 9.59 Å². The van der Waals surface area contributed by atoms with Crippen LogP contribution in [-0.2, 0) is 9.53 Å². The van der Waals surface area contributed by atoms with Gasteiger partial charge in [-0.2, -0.15) is 0 Å². The average molecular weight is 355 g/mol. The van der Waals surface area contributed by atoms with Gasteiger partial charge in [0.15, 0.2) is 6.61 Å². The predicted octanol–water partition coefficient (Wildman–Crippen LogP) is 2.51. The van der Waals surface area contributed by atoms with Gasteiger partial charge in [-0.25, -0.2) is 4.79 Å². The minimum Gasteiger partial charge on any atom is -0.452 e. The Bertz CT molecular complexity index is 525. The van der Waals surface area contributed by atoms with Crippen molar-refractivity contribution in [2.45, 2.75) is 20.3 Å². The highest BCUT2D eigenvalue weighted by atomic mass is 79.9. The minimum absolute atomic E-state index is 0.135. The molecule has 1 aliphatic rings. The van der Waals surface area contributed by atoms with Gasteiger partial charge in [0.1, 0.15) is 0 Å². The summed E-state index contributed by atoms with van der Waals surface area (Å²) in [6.45, 7) is 5.52. The lowest BCUT2D eigenvalue weighted by atomic mass is 9.92. The van der Waals surface area contributed by atoms with Crippen LogP contribution in [0.3, 0.4) is 0 Å². The van der Waals surface area contributed by atoms with Crippen LogP contribution in [0.4, 0.5) is 0 Å². The summed E-state index contributed by atoms with van der Waals surface area (Å²) in [7, 11) is 0. The molecule has 0 unspecified atom stereocenters. The Kier molecular flexibility index (Phi) is 5.33. The van der Waals surface area contributed by atoms with E-state index in [0.717, 1.165) is 19.5 Å². The number of rotatable bonds is 3. The van der Waals surface area contributed by atoms with Crippen molar-refractivity contribution in [3.8, 4) is 0 Å². The number of nitrogens with zero attached hydrogens (tertiary/aromatic N) is 2. The lowest BCUT2D eigenvalue weighted by Crippen LogP contribution is -2.44. The molecule has 5 nitrogen and oxygen atoms in total. The first-order chi connectivity index (χ1) is 9.95. The summed E-state index contributed by atoms with van der Waals surface area (Å²) in [5, 5.41) is 0. The van der Waals surface area contributed by atoms with Crippen molar-refractivity contribution in [1.29, 1.82) is 0 Å². The lowest BCUT2D eigenvalue weighted by Gasteiger charge is -2.34. The zero-order chi connectivity index (χ0) is 15.4. The molecule has 0 N–H and O–H groups in total. The van der Waals surface area contributed by atoms with Crippen molar-refractivity contribution in [3.63, 3.8) is 0 Å². The van der Waals surface area contributed by atoms with Gasteiger partial charge < -0.3 is 9.64 Å². The van der Waals surface area contributed by atoms with Gasteiger partial charge >= 0.3 is 5.97 Å². The van der Waals surface area contributed by atoms with Crippen molar-refractivity contribution < 1.29 is 14.3 Å². The van der Waals surface area contributed by atoms with Gasteiger partial charge in [0.2, 0.25) is 0 Å². The topological polar surface area (TPSA) is 59.5 Å². The van der Waals surface area contributed by atoms with Gasteiger partial charge in [-0.05, 0) is 40.3 Å². The summed E-state index contributed by atoms with van der Waals surface area (Å²) in [5.74, 6) is 0.310. The molecule has 6 heteroatoms. The highest BCUT2D eigenvalue weighted by molar-refractivity contribution is 9.10. The second-order valence-corrected chi connectivity index (χ2v) is 6.63. The number of carbonyl (C=O) groups excluding carboxylic acids is 2. The number of carbonyl (C=O) groups is 2. The molecule has 114 valence electrons. The fraction of sp³-hybridized carbons (Fsp3) is 0.533. The smallest absolute Gasteiger partial charge is 0.340 e. The molecule has 0 radical (unpaired) electrons. The SMILES string of the molecule is C[C@@H]1C[C@@H](C)CN(C(=O)COC(=O)c2cncc(Br)c2)C1. The summed E-state index contributed by atoms with van der Waals surface area (Å²) >= 11 is 3.24. The van der Waals surface area contributed by atoms with Crippen molar-refractivity contribution >= 4 is 27.8 Å². The largest absolute Gasteiger partial charge is 0.452 e. The van der Waals surface area contributed by atoms with Crippen molar-refractivity contribution in [1.82, 2.24) is 9.88 Å². The first-order valence-electron chi connectivity index (χ1n) is 7.01. The summed E-state index contributed by atoms with van der Waals surface area (Å²) in [4.78, 5) is 29.7. The molecule has 1 aromatic heterocycles. The van der Waals surface area contributed by atoms with Gasteiger partial charge in [-0.15, -0.1) is 0 Å². The summed E-state index contributed by atoms with van der Waals surface area (Å²) in [6, 6.07) is 1.62. The van der Waals surface area contributed by atoms with Gasteiger partial charge in [-0.3, -0.25) is 9.78 Å². The van der Waals surface area contributed by atoms with Crippen LogP contribution in [0.25, 0.3) is 0 Å². The monoisotopic (exact) mass is 354 g/mol. The van der Waals surface area contributed by atoms with E-state index >= 15 is 0 Å². The standard InChI is InChI=1S/C15H19BrN2O3/c1-10-3-11(2)8-18(7-10)14(19)9-21-15(20)12-4-13(16)6-17-5-12/h4-6,10-11H,3,7-9H2,1-2H3/t10-,11-/m1/s1. The third-order valence-corrected chi connectivity index (χ3v) is 3.92. The highest BCUT2D eigenvalue weighted by Gasteiger charge is 2.26. The number of ether oxygens (including phenoxy) is 1. The minimum atomic E-state index is -0.532. The molecule has 2 heterocycles. The van der Waals surface area contributed by atoms with Crippen LogP contribution in [0.5, 0.6) is 0 Å². The molecule has 1 aromatic rings. The maximum absolute atomic E-state index is 12.1. The van der Waals surface area contributed by atoms with Crippen LogP contribution in [0, 0.1) is 11.8 Å². The molecular weight excluding hydrogens is 336 g/mol. The molecule has 0 aliphatic carbocycles. The third-order valence-electron chi connectivity index (χ3n) is 3.49. The lowest BCUT2D eigenvalue weighted by molar-refractivity contribution is -0.137. The molecule has 0 aromatic carbocycles. The van der Waals surface area contributed by atoms with Gasteiger partial charge in [0.05, 0.1) is 5.56 Å². The maximum Gasteiger partial charge on any atom is 0.340 e. The average Bonchev–Trinajstić information content (AvgIpc) is 2.43. The van der Waals surface area contributed by atoms with E-state index in [0.29, 0.717) is 21.9 Å². The molecule has 21 heavy (non-hydrogen) atoms. The number of likely N-dealkylation sites (tertiary alicyclic amines) is 1. The van der Waals surface area contributed by atoms with Crippen molar-refractivity contribution in [2.24, 2.45) is 11.8 Å². The van der Waals surface area contributed by atoms with E-state index in [1.807, 2.05) is 0 Å². The molecule has 0 saturated carbocycles. The Morgan fingerprint density at radius 3 is 2.62 bits per heavy atom. The Balaban J connectivity index is 1.87. The number of hydrogen-bond acceptors (Lipinski definition) is 4. The third kappa shape index (κ3) is 4.52. The van der Waals surface area contributed by atoms with E-state index in [4.69, 9.17) is 4.74 Å². The molecule has 1 aliphatic heterocycles. The van der Waals surface area contributed by atoms with Crippen LogP contribution in [0.15, 0.2) is 22.9 Å². The zero-order valence-corrected chi connectivity index (χ0v) is 13.8. The number of aromatic nitrogens is 1. The number of pyridine rings is 1. The second kappa shape index (κ2) is 7.02. The van der Waals surface area contributed by atoms with Crippen LogP contribution in [0.1, 0.15) is 30.6 Å². The second-order valence-electron chi connectivity index (χ2n) is 5.71. The highest BCUT2D eigenvalue weighted by Crippen LogP contribution is 2.21. The Morgan fingerprint density at radius 2 is 2.00 bits per heavy atom. The molecule has 0 spiro atoms. The number of piperidine rings is 1. The number of hydrogen-bond donors (Lipinski definition) is 0. The number of esters is 1.